The Hall–Kier alpha value is -1.32. The predicted octanol–water partition coefficient (Wildman–Crippen LogP) is 3.46. The van der Waals surface area contributed by atoms with Crippen LogP contribution in [0, 0.1) is 13.8 Å². The van der Waals surface area contributed by atoms with E-state index in [2.05, 4.69) is 56.1 Å². The van der Waals surface area contributed by atoms with Gasteiger partial charge in [0.25, 0.3) is 0 Å². The van der Waals surface area contributed by atoms with E-state index in [1.807, 2.05) is 0 Å². The van der Waals surface area contributed by atoms with Crippen molar-refractivity contribution in [2.24, 2.45) is 5.73 Å². The van der Waals surface area contributed by atoms with E-state index in [1.54, 1.807) is 11.3 Å². The molecule has 0 unspecified atom stereocenters. The molecule has 96 valence electrons. The molecule has 0 saturated carbocycles. The van der Waals surface area contributed by atoms with Gasteiger partial charge >= 0.3 is 0 Å². The third-order valence-corrected chi connectivity index (χ3v) is 4.17. The number of hydrogen-bond donors (Lipinski definition) is 1. The van der Waals surface area contributed by atoms with Crippen molar-refractivity contribution in [2.45, 2.75) is 26.9 Å². The van der Waals surface area contributed by atoms with Crippen LogP contribution >= 0.6 is 11.3 Å². The van der Waals surface area contributed by atoms with Crippen LogP contribution < -0.4 is 10.6 Å². The van der Waals surface area contributed by atoms with Crippen LogP contribution in [-0.4, -0.2) is 7.05 Å². The average Bonchev–Trinajstić information content (AvgIpc) is 2.76. The molecule has 0 radical (unpaired) electrons. The van der Waals surface area contributed by atoms with Crippen LogP contribution in [0.2, 0.25) is 0 Å². The summed E-state index contributed by atoms with van der Waals surface area (Å²) in [5.41, 5.74) is 9.58. The fourth-order valence-corrected chi connectivity index (χ4v) is 3.12. The smallest absolute Gasteiger partial charge is 0.0519 e. The zero-order valence-corrected chi connectivity index (χ0v) is 12.1. The molecule has 0 aliphatic heterocycles. The molecule has 0 spiro atoms. The van der Waals surface area contributed by atoms with Crippen molar-refractivity contribution in [3.8, 4) is 0 Å². The van der Waals surface area contributed by atoms with Gasteiger partial charge in [-0.3, -0.25) is 0 Å². The molecule has 0 aliphatic rings. The second-order valence-electron chi connectivity index (χ2n) is 4.72. The number of thiophene rings is 1. The number of nitrogens with zero attached hydrogens (tertiary/aromatic N) is 1. The first kappa shape index (κ1) is 13.1. The van der Waals surface area contributed by atoms with Gasteiger partial charge in [0.05, 0.1) is 6.54 Å². The zero-order chi connectivity index (χ0) is 13.1. The lowest BCUT2D eigenvalue weighted by Crippen LogP contribution is -2.16. The second kappa shape index (κ2) is 5.55. The monoisotopic (exact) mass is 260 g/mol. The van der Waals surface area contributed by atoms with Crippen LogP contribution in [0.25, 0.3) is 0 Å². The van der Waals surface area contributed by atoms with Crippen molar-refractivity contribution in [2.75, 3.05) is 11.9 Å². The highest BCUT2D eigenvalue weighted by molar-refractivity contribution is 7.12. The molecule has 2 nitrogen and oxygen atoms in total. The highest BCUT2D eigenvalue weighted by atomic mass is 32.1. The Morgan fingerprint density at radius 2 is 1.83 bits per heavy atom. The maximum Gasteiger partial charge on any atom is 0.0519 e. The fraction of sp³-hybridized carbons (Fsp3) is 0.333. The van der Waals surface area contributed by atoms with Gasteiger partial charge in [0.15, 0.2) is 0 Å². The predicted molar refractivity (Wildman–Crippen MR) is 80.2 cm³/mol. The Bertz CT molecular complexity index is 531. The number of rotatable bonds is 4. The van der Waals surface area contributed by atoms with Gasteiger partial charge in [-0.15, -0.1) is 11.3 Å². The Morgan fingerprint density at radius 1 is 1.11 bits per heavy atom. The van der Waals surface area contributed by atoms with Crippen molar-refractivity contribution in [3.63, 3.8) is 0 Å². The highest BCUT2D eigenvalue weighted by Gasteiger charge is 2.07. The summed E-state index contributed by atoms with van der Waals surface area (Å²) in [4.78, 5) is 4.90. The molecule has 3 heteroatoms. The summed E-state index contributed by atoms with van der Waals surface area (Å²) in [5, 5.41) is 0. The Labute approximate surface area is 113 Å². The minimum Gasteiger partial charge on any atom is -0.369 e. The van der Waals surface area contributed by atoms with E-state index >= 15 is 0 Å². The highest BCUT2D eigenvalue weighted by Crippen LogP contribution is 2.24. The molecule has 0 bridgehead atoms. The summed E-state index contributed by atoms with van der Waals surface area (Å²) in [6, 6.07) is 10.9. The van der Waals surface area contributed by atoms with E-state index in [-0.39, 0.29) is 0 Å². The van der Waals surface area contributed by atoms with Gasteiger partial charge < -0.3 is 10.6 Å². The molecule has 1 aromatic heterocycles. The summed E-state index contributed by atoms with van der Waals surface area (Å²) in [6.07, 6.45) is 0. The molecular formula is C15H20N2S. The Kier molecular flexibility index (Phi) is 4.04. The largest absolute Gasteiger partial charge is 0.369 e. The van der Waals surface area contributed by atoms with Gasteiger partial charge in [0, 0.05) is 29.0 Å². The first-order valence-electron chi connectivity index (χ1n) is 6.16. The van der Waals surface area contributed by atoms with Gasteiger partial charge in [0.1, 0.15) is 0 Å². The SMILES string of the molecule is Cc1ccc(N(C)Cc2ccc(CN)s2)c(C)c1. The van der Waals surface area contributed by atoms with Crippen LogP contribution in [0.1, 0.15) is 20.9 Å². The van der Waals surface area contributed by atoms with Gasteiger partial charge in [-0.1, -0.05) is 17.7 Å². The number of benzene rings is 1. The molecule has 1 heterocycles. The summed E-state index contributed by atoms with van der Waals surface area (Å²) < 4.78 is 0. The first-order chi connectivity index (χ1) is 8.60. The summed E-state index contributed by atoms with van der Waals surface area (Å²) in [7, 11) is 2.14. The molecule has 0 aliphatic carbocycles. The van der Waals surface area contributed by atoms with Crippen molar-refractivity contribution < 1.29 is 0 Å². The summed E-state index contributed by atoms with van der Waals surface area (Å²) in [5.74, 6) is 0. The lowest BCUT2D eigenvalue weighted by Gasteiger charge is -2.21. The first-order valence-corrected chi connectivity index (χ1v) is 6.98. The molecule has 0 fully saturated rings. The van der Waals surface area contributed by atoms with Crippen molar-refractivity contribution >= 4 is 17.0 Å². The fourth-order valence-electron chi connectivity index (χ4n) is 2.17. The van der Waals surface area contributed by atoms with Crippen LogP contribution in [0.15, 0.2) is 30.3 Å². The van der Waals surface area contributed by atoms with E-state index in [1.165, 1.54) is 26.6 Å². The van der Waals surface area contributed by atoms with E-state index in [4.69, 9.17) is 5.73 Å². The van der Waals surface area contributed by atoms with Crippen LogP contribution in [0.5, 0.6) is 0 Å². The molecule has 18 heavy (non-hydrogen) atoms. The lowest BCUT2D eigenvalue weighted by atomic mass is 10.1. The minimum absolute atomic E-state index is 0.637. The van der Waals surface area contributed by atoms with Gasteiger partial charge in [-0.25, -0.2) is 0 Å². The average molecular weight is 260 g/mol. The van der Waals surface area contributed by atoms with E-state index in [0.717, 1.165) is 6.54 Å². The van der Waals surface area contributed by atoms with Crippen LogP contribution in [-0.2, 0) is 13.1 Å². The van der Waals surface area contributed by atoms with Gasteiger partial charge in [-0.2, -0.15) is 0 Å². The molecule has 2 aromatic rings. The molecule has 2 N–H and O–H groups in total. The summed E-state index contributed by atoms with van der Waals surface area (Å²) >= 11 is 1.80. The quantitative estimate of drug-likeness (QED) is 0.912. The van der Waals surface area contributed by atoms with Gasteiger partial charge in [0.2, 0.25) is 0 Å². The van der Waals surface area contributed by atoms with E-state index in [0.29, 0.717) is 6.54 Å². The minimum atomic E-state index is 0.637. The number of hydrogen-bond acceptors (Lipinski definition) is 3. The molecule has 0 saturated heterocycles. The maximum atomic E-state index is 5.64. The number of anilines is 1. The topological polar surface area (TPSA) is 29.3 Å². The van der Waals surface area contributed by atoms with E-state index < -0.39 is 0 Å². The standard InChI is InChI=1S/C15H20N2S/c1-11-4-7-15(12(2)8-11)17(3)10-14-6-5-13(9-16)18-14/h4-8H,9-10,16H2,1-3H3. The van der Waals surface area contributed by atoms with Gasteiger partial charge in [-0.05, 0) is 37.6 Å². The third kappa shape index (κ3) is 2.92. The van der Waals surface area contributed by atoms with Crippen molar-refractivity contribution in [3.05, 3.63) is 51.2 Å². The molecule has 0 atom stereocenters. The zero-order valence-electron chi connectivity index (χ0n) is 11.2. The number of aryl methyl sites for hydroxylation is 2. The van der Waals surface area contributed by atoms with Crippen molar-refractivity contribution in [1.29, 1.82) is 0 Å². The molecular weight excluding hydrogens is 240 g/mol. The molecule has 2 rings (SSSR count). The lowest BCUT2D eigenvalue weighted by molar-refractivity contribution is 0.933. The molecule has 0 amide bonds. The van der Waals surface area contributed by atoms with Crippen LogP contribution in [0.4, 0.5) is 5.69 Å². The van der Waals surface area contributed by atoms with E-state index in [9.17, 15) is 0 Å². The Morgan fingerprint density at radius 3 is 2.44 bits per heavy atom. The van der Waals surface area contributed by atoms with Crippen molar-refractivity contribution in [1.82, 2.24) is 0 Å². The summed E-state index contributed by atoms with van der Waals surface area (Å²) in [6.45, 7) is 5.87. The normalized spacial score (nSPS) is 10.7. The van der Waals surface area contributed by atoms with Crippen LogP contribution in [0.3, 0.4) is 0 Å². The maximum absolute atomic E-state index is 5.64. The number of nitrogens with two attached hydrogens (primary N) is 1. The second-order valence-corrected chi connectivity index (χ2v) is 5.97. The molecule has 1 aromatic carbocycles. The Balaban J connectivity index is 2.13. The third-order valence-electron chi connectivity index (χ3n) is 3.08.